The van der Waals surface area contributed by atoms with Crippen LogP contribution in [-0.4, -0.2) is 23.4 Å². The van der Waals surface area contributed by atoms with Gasteiger partial charge in [0.05, 0.1) is 0 Å². The van der Waals surface area contributed by atoms with Crippen LogP contribution in [0.25, 0.3) is 0 Å². The minimum atomic E-state index is 0.347. The maximum atomic E-state index is 12.8. The molecule has 0 spiro atoms. The Balaban J connectivity index is 1.74. The Bertz CT molecular complexity index is 369. The van der Waals surface area contributed by atoms with Crippen molar-refractivity contribution < 1.29 is 4.79 Å². The highest BCUT2D eigenvalue weighted by molar-refractivity contribution is 5.79. The van der Waals surface area contributed by atoms with E-state index in [9.17, 15) is 4.79 Å². The average molecular weight is 263 g/mol. The number of hydrogen-bond acceptors (Lipinski definition) is 1. The van der Waals surface area contributed by atoms with Crippen molar-refractivity contribution in [1.29, 1.82) is 0 Å². The van der Waals surface area contributed by atoms with E-state index in [0.717, 1.165) is 19.4 Å². The number of nitrogens with zero attached hydrogens (tertiary/aromatic N) is 1. The molecule has 1 heterocycles. The molecule has 1 saturated heterocycles. The van der Waals surface area contributed by atoms with Crippen LogP contribution < -0.4 is 0 Å². The minimum Gasteiger partial charge on any atom is -0.339 e. The summed E-state index contributed by atoms with van der Waals surface area (Å²) in [5, 5.41) is 0. The van der Waals surface area contributed by atoms with Gasteiger partial charge < -0.3 is 4.90 Å². The molecule has 2 bridgehead atoms. The van der Waals surface area contributed by atoms with Crippen LogP contribution in [-0.2, 0) is 4.79 Å². The van der Waals surface area contributed by atoms with Gasteiger partial charge in [0.25, 0.3) is 0 Å². The fourth-order valence-electron chi connectivity index (χ4n) is 5.30. The lowest BCUT2D eigenvalue weighted by Crippen LogP contribution is -2.41. The Labute approximate surface area is 117 Å². The molecule has 0 radical (unpaired) electrons. The van der Waals surface area contributed by atoms with Gasteiger partial charge in [-0.1, -0.05) is 40.0 Å². The van der Waals surface area contributed by atoms with Crippen molar-refractivity contribution in [2.24, 2.45) is 16.7 Å². The third-order valence-electron chi connectivity index (χ3n) is 5.65. The SMILES string of the molecule is CC1(C)CC2CC(C)(CN2C(=O)C2CCCCC2)C1. The summed E-state index contributed by atoms with van der Waals surface area (Å²) < 4.78 is 0. The minimum absolute atomic E-state index is 0.347. The summed E-state index contributed by atoms with van der Waals surface area (Å²) in [6.45, 7) is 8.18. The van der Waals surface area contributed by atoms with E-state index in [-0.39, 0.29) is 0 Å². The summed E-state index contributed by atoms with van der Waals surface area (Å²) in [6, 6.07) is 0.531. The van der Waals surface area contributed by atoms with Crippen LogP contribution in [0, 0.1) is 16.7 Å². The number of fused-ring (bicyclic) bond motifs is 2. The number of hydrogen-bond donors (Lipinski definition) is 0. The molecule has 3 rings (SSSR count). The van der Waals surface area contributed by atoms with Gasteiger partial charge >= 0.3 is 0 Å². The molecule has 2 aliphatic carbocycles. The molecule has 19 heavy (non-hydrogen) atoms. The molecule has 0 aromatic carbocycles. The van der Waals surface area contributed by atoms with Crippen molar-refractivity contribution >= 4 is 5.91 Å². The summed E-state index contributed by atoms with van der Waals surface area (Å²) in [5.41, 5.74) is 0.802. The third kappa shape index (κ3) is 2.55. The molecule has 1 amide bonds. The zero-order valence-corrected chi connectivity index (χ0v) is 12.9. The van der Waals surface area contributed by atoms with E-state index >= 15 is 0 Å². The van der Waals surface area contributed by atoms with E-state index in [0.29, 0.717) is 28.7 Å². The maximum Gasteiger partial charge on any atom is 0.225 e. The molecule has 2 heteroatoms. The Morgan fingerprint density at radius 2 is 1.74 bits per heavy atom. The van der Waals surface area contributed by atoms with Gasteiger partial charge in [-0.25, -0.2) is 0 Å². The molecule has 2 unspecified atom stereocenters. The first-order chi connectivity index (χ1) is 8.89. The molecule has 108 valence electrons. The van der Waals surface area contributed by atoms with Gasteiger partial charge in [0.1, 0.15) is 0 Å². The van der Waals surface area contributed by atoms with Crippen molar-refractivity contribution in [2.75, 3.05) is 6.54 Å². The average Bonchev–Trinajstić information content (AvgIpc) is 2.59. The second kappa shape index (κ2) is 4.49. The second-order valence-corrected chi connectivity index (χ2v) is 8.51. The molecule has 3 aliphatic rings. The fourth-order valence-corrected chi connectivity index (χ4v) is 5.30. The van der Waals surface area contributed by atoms with E-state index in [2.05, 4.69) is 25.7 Å². The molecule has 0 aromatic heterocycles. The van der Waals surface area contributed by atoms with Crippen molar-refractivity contribution in [1.82, 2.24) is 4.90 Å². The van der Waals surface area contributed by atoms with Gasteiger partial charge in [-0.3, -0.25) is 4.79 Å². The van der Waals surface area contributed by atoms with E-state index in [1.54, 1.807) is 0 Å². The van der Waals surface area contributed by atoms with Gasteiger partial charge in [0.2, 0.25) is 5.91 Å². The van der Waals surface area contributed by atoms with Gasteiger partial charge in [0.15, 0.2) is 0 Å². The zero-order chi connectivity index (χ0) is 13.7. The monoisotopic (exact) mass is 263 g/mol. The van der Waals surface area contributed by atoms with E-state index in [1.807, 2.05) is 0 Å². The van der Waals surface area contributed by atoms with Crippen molar-refractivity contribution in [3.8, 4) is 0 Å². The lowest BCUT2D eigenvalue weighted by molar-refractivity contribution is -0.137. The van der Waals surface area contributed by atoms with Gasteiger partial charge in [-0.2, -0.15) is 0 Å². The van der Waals surface area contributed by atoms with Crippen molar-refractivity contribution in [2.45, 2.75) is 78.2 Å². The summed E-state index contributed by atoms with van der Waals surface area (Å²) in [6.07, 6.45) is 9.87. The van der Waals surface area contributed by atoms with Crippen LogP contribution >= 0.6 is 0 Å². The molecule has 3 fully saturated rings. The van der Waals surface area contributed by atoms with Crippen molar-refractivity contribution in [3.05, 3.63) is 0 Å². The highest BCUT2D eigenvalue weighted by Gasteiger charge is 2.51. The largest absolute Gasteiger partial charge is 0.339 e. The highest BCUT2D eigenvalue weighted by atomic mass is 16.2. The number of likely N-dealkylation sites (tertiary alicyclic amines) is 1. The van der Waals surface area contributed by atoms with E-state index in [4.69, 9.17) is 0 Å². The first kappa shape index (κ1) is 13.5. The summed E-state index contributed by atoms with van der Waals surface area (Å²) in [4.78, 5) is 15.1. The van der Waals surface area contributed by atoms with Crippen LogP contribution in [0.4, 0.5) is 0 Å². The Kier molecular flexibility index (Phi) is 3.18. The van der Waals surface area contributed by atoms with Gasteiger partial charge in [-0.05, 0) is 42.9 Å². The molecule has 2 saturated carbocycles. The molecular formula is C17H29NO. The van der Waals surface area contributed by atoms with Gasteiger partial charge in [0, 0.05) is 18.5 Å². The summed E-state index contributed by atoms with van der Waals surface area (Å²) in [5.74, 6) is 0.839. The first-order valence-electron chi connectivity index (χ1n) is 8.19. The highest BCUT2D eigenvalue weighted by Crippen LogP contribution is 2.52. The van der Waals surface area contributed by atoms with E-state index in [1.165, 1.54) is 38.5 Å². The number of rotatable bonds is 1. The van der Waals surface area contributed by atoms with Crippen LogP contribution in [0.15, 0.2) is 0 Å². The zero-order valence-electron chi connectivity index (χ0n) is 12.9. The number of carbonyl (C=O) groups is 1. The standard InChI is InChI=1S/C17H29NO/c1-16(2)9-14-10-17(3,11-16)12-18(14)15(19)13-7-5-4-6-8-13/h13-14H,4-12H2,1-3H3. The van der Waals surface area contributed by atoms with Crippen LogP contribution in [0.3, 0.4) is 0 Å². The van der Waals surface area contributed by atoms with Crippen LogP contribution in [0.1, 0.15) is 72.1 Å². The fraction of sp³-hybridized carbons (Fsp3) is 0.941. The lowest BCUT2D eigenvalue weighted by atomic mass is 9.65. The summed E-state index contributed by atoms with van der Waals surface area (Å²) in [7, 11) is 0. The first-order valence-corrected chi connectivity index (χ1v) is 8.19. The second-order valence-electron chi connectivity index (χ2n) is 8.51. The summed E-state index contributed by atoms with van der Waals surface area (Å²) >= 11 is 0. The molecule has 2 atom stereocenters. The number of amides is 1. The molecule has 1 aliphatic heterocycles. The predicted octanol–water partition coefficient (Wildman–Crippen LogP) is 3.99. The lowest BCUT2D eigenvalue weighted by Gasteiger charge is -2.39. The Morgan fingerprint density at radius 3 is 2.42 bits per heavy atom. The Hall–Kier alpha value is -0.530. The van der Waals surface area contributed by atoms with Gasteiger partial charge in [-0.15, -0.1) is 0 Å². The number of carbonyl (C=O) groups excluding carboxylic acids is 1. The quantitative estimate of drug-likeness (QED) is 0.700. The molecule has 2 nitrogen and oxygen atoms in total. The Morgan fingerprint density at radius 1 is 1.05 bits per heavy atom. The topological polar surface area (TPSA) is 20.3 Å². The van der Waals surface area contributed by atoms with Crippen LogP contribution in [0.2, 0.25) is 0 Å². The predicted molar refractivity (Wildman–Crippen MR) is 77.8 cm³/mol. The smallest absolute Gasteiger partial charge is 0.225 e. The van der Waals surface area contributed by atoms with E-state index < -0.39 is 0 Å². The molecule has 0 N–H and O–H groups in total. The molecule has 0 aromatic rings. The maximum absolute atomic E-state index is 12.8. The third-order valence-corrected chi connectivity index (χ3v) is 5.65. The molecular weight excluding hydrogens is 234 g/mol. The van der Waals surface area contributed by atoms with Crippen molar-refractivity contribution in [3.63, 3.8) is 0 Å². The normalized spacial score (nSPS) is 38.5. The van der Waals surface area contributed by atoms with Crippen LogP contribution in [0.5, 0.6) is 0 Å².